The summed E-state index contributed by atoms with van der Waals surface area (Å²) in [5.74, 6) is 2.82. The molecule has 2 heterocycles. The summed E-state index contributed by atoms with van der Waals surface area (Å²) < 4.78 is 0. The predicted molar refractivity (Wildman–Crippen MR) is 245 cm³/mol. The van der Waals surface area contributed by atoms with Crippen LogP contribution in [0.2, 0.25) is 0 Å². The zero-order chi connectivity index (χ0) is 40.7. The molecule has 2 aliphatic heterocycles. The molecule has 4 aromatic carbocycles. The standard InChI is InChI=1S/C51H60N4O2S/c1-37(2)46(41-22-13-7-14-23-41)34-45(56)36-58-51-30-27-42(32-39-18-9-5-10-19-39)48(53-54-51)35-50-52-31-17-26-44(55(50)43-24-15-8-16-25-43)28-29-49(57)47(38(3)4)33-40-20-11-6-12-21-40/h5-16,18-26,37-38,42,46-47H,17,27-36H2,1-4H3. The van der Waals surface area contributed by atoms with Crippen LogP contribution >= 0.6 is 11.8 Å². The number of hydrogen-bond acceptors (Lipinski definition) is 7. The van der Waals surface area contributed by atoms with Crippen LogP contribution in [0, 0.1) is 23.7 Å². The summed E-state index contributed by atoms with van der Waals surface area (Å²) in [5.41, 5.74) is 6.85. The van der Waals surface area contributed by atoms with E-state index in [4.69, 9.17) is 15.2 Å². The van der Waals surface area contributed by atoms with Gasteiger partial charge in [-0.3, -0.25) is 14.6 Å². The van der Waals surface area contributed by atoms with Gasteiger partial charge in [-0.25, -0.2) is 0 Å². The van der Waals surface area contributed by atoms with E-state index in [0.29, 0.717) is 49.7 Å². The lowest BCUT2D eigenvalue weighted by atomic mass is 9.84. The van der Waals surface area contributed by atoms with E-state index >= 15 is 0 Å². The first-order valence-electron chi connectivity index (χ1n) is 21.3. The average Bonchev–Trinajstić information content (AvgIpc) is 3.56. The molecule has 0 saturated carbocycles. The van der Waals surface area contributed by atoms with Crippen molar-refractivity contribution in [3.8, 4) is 0 Å². The topological polar surface area (TPSA) is 74.5 Å². The number of nitrogens with zero attached hydrogens (tertiary/aromatic N) is 4. The summed E-state index contributed by atoms with van der Waals surface area (Å²) in [6.45, 7) is 9.39. The minimum Gasteiger partial charge on any atom is -0.303 e. The fourth-order valence-electron chi connectivity index (χ4n) is 8.20. The van der Waals surface area contributed by atoms with Gasteiger partial charge in [-0.2, -0.15) is 5.10 Å². The van der Waals surface area contributed by atoms with Crippen LogP contribution in [0.1, 0.15) is 95.2 Å². The van der Waals surface area contributed by atoms with E-state index in [1.54, 1.807) is 11.8 Å². The largest absolute Gasteiger partial charge is 0.303 e. The molecule has 0 bridgehead atoms. The number of rotatable bonds is 18. The van der Waals surface area contributed by atoms with Gasteiger partial charge in [-0.1, -0.05) is 143 Å². The molecule has 302 valence electrons. The number of thioether (sulfide) groups is 1. The van der Waals surface area contributed by atoms with E-state index in [1.165, 1.54) is 16.7 Å². The second kappa shape index (κ2) is 21.8. The number of para-hydroxylation sites is 1. The maximum atomic E-state index is 14.0. The molecule has 6 rings (SSSR count). The number of Topliss-reactive ketones (excluding diaryl/α,β-unsaturated/α-hetero) is 2. The smallest absolute Gasteiger partial charge is 0.143 e. The quantitative estimate of drug-likeness (QED) is 0.101. The van der Waals surface area contributed by atoms with Crippen LogP contribution in [-0.4, -0.2) is 40.5 Å². The van der Waals surface area contributed by atoms with Crippen LogP contribution in [0.4, 0.5) is 5.69 Å². The van der Waals surface area contributed by atoms with Crippen molar-refractivity contribution >= 4 is 45.6 Å². The van der Waals surface area contributed by atoms with Gasteiger partial charge in [0.15, 0.2) is 0 Å². The number of carbonyl (C=O) groups is 2. The minimum absolute atomic E-state index is 0.0353. The monoisotopic (exact) mass is 792 g/mol. The molecule has 0 fully saturated rings. The molecule has 0 radical (unpaired) electrons. The highest BCUT2D eigenvalue weighted by Gasteiger charge is 2.29. The van der Waals surface area contributed by atoms with Crippen LogP contribution in [0.5, 0.6) is 0 Å². The van der Waals surface area contributed by atoms with Gasteiger partial charge in [0, 0.05) is 49.0 Å². The molecule has 0 saturated heterocycles. The Hall–Kier alpha value is -4.88. The molecule has 2 aliphatic rings. The van der Waals surface area contributed by atoms with Crippen molar-refractivity contribution < 1.29 is 9.59 Å². The van der Waals surface area contributed by atoms with E-state index in [0.717, 1.165) is 60.1 Å². The van der Waals surface area contributed by atoms with E-state index in [-0.39, 0.29) is 29.5 Å². The Morgan fingerprint density at radius 1 is 0.776 bits per heavy atom. The summed E-state index contributed by atoms with van der Waals surface area (Å²) in [7, 11) is 0. The molecule has 58 heavy (non-hydrogen) atoms. The Labute approximate surface area is 351 Å². The number of aliphatic imine (C=N–C) groups is 1. The van der Waals surface area contributed by atoms with Gasteiger partial charge in [0.1, 0.15) is 17.4 Å². The van der Waals surface area contributed by atoms with Crippen LogP contribution in [-0.2, 0) is 22.4 Å². The van der Waals surface area contributed by atoms with Crippen LogP contribution in [0.3, 0.4) is 0 Å². The number of benzene rings is 4. The first-order chi connectivity index (χ1) is 28.2. The molecule has 4 aromatic rings. The van der Waals surface area contributed by atoms with E-state index in [9.17, 15) is 9.59 Å². The summed E-state index contributed by atoms with van der Waals surface area (Å²) in [6.07, 6.45) is 8.55. The number of ketones is 2. The van der Waals surface area contributed by atoms with Gasteiger partial charge < -0.3 is 4.90 Å². The van der Waals surface area contributed by atoms with Gasteiger partial charge in [0.25, 0.3) is 0 Å². The van der Waals surface area contributed by atoms with Crippen molar-refractivity contribution in [2.45, 2.75) is 91.4 Å². The Morgan fingerprint density at radius 3 is 2.07 bits per heavy atom. The third kappa shape index (κ3) is 12.3. The minimum atomic E-state index is -0.0353. The lowest BCUT2D eigenvalue weighted by Crippen LogP contribution is -2.34. The lowest BCUT2D eigenvalue weighted by Gasteiger charge is -2.30. The Balaban J connectivity index is 1.21. The zero-order valence-corrected chi connectivity index (χ0v) is 35.6. The van der Waals surface area contributed by atoms with Crippen LogP contribution in [0.15, 0.2) is 148 Å². The van der Waals surface area contributed by atoms with Gasteiger partial charge in [-0.15, -0.1) is 16.9 Å². The molecule has 7 heteroatoms. The predicted octanol–water partition coefficient (Wildman–Crippen LogP) is 12.0. The molecule has 3 atom stereocenters. The third-order valence-electron chi connectivity index (χ3n) is 11.5. The number of hydrogen-bond donors (Lipinski definition) is 0. The zero-order valence-electron chi connectivity index (χ0n) is 34.8. The molecule has 0 aliphatic carbocycles. The first kappa shape index (κ1) is 42.7. The van der Waals surface area contributed by atoms with E-state index < -0.39 is 0 Å². The highest BCUT2D eigenvalue weighted by molar-refractivity contribution is 8.14. The summed E-state index contributed by atoms with van der Waals surface area (Å²) in [6, 6.07) is 41.8. The molecular formula is C51H60N4O2S. The van der Waals surface area contributed by atoms with Gasteiger partial charge >= 0.3 is 0 Å². The summed E-state index contributed by atoms with van der Waals surface area (Å²) >= 11 is 1.55. The van der Waals surface area contributed by atoms with Crippen LogP contribution < -0.4 is 4.90 Å². The Bertz CT molecular complexity index is 2040. The molecule has 0 N–H and O–H groups in total. The molecule has 6 nitrogen and oxygen atoms in total. The summed E-state index contributed by atoms with van der Waals surface area (Å²) in [5, 5.41) is 10.8. The van der Waals surface area contributed by atoms with Crippen molar-refractivity contribution in [3.63, 3.8) is 0 Å². The number of carbonyl (C=O) groups excluding carboxylic acids is 2. The highest BCUT2D eigenvalue weighted by Crippen LogP contribution is 2.32. The maximum Gasteiger partial charge on any atom is 0.143 e. The highest BCUT2D eigenvalue weighted by atomic mass is 32.2. The molecule has 0 spiro atoms. The average molecular weight is 793 g/mol. The molecule has 0 aromatic heterocycles. The fourth-order valence-corrected chi connectivity index (χ4v) is 9.01. The van der Waals surface area contributed by atoms with Gasteiger partial charge in [-0.05, 0) is 85.1 Å². The third-order valence-corrected chi connectivity index (χ3v) is 12.6. The molecule has 3 unspecified atom stereocenters. The second-order valence-corrected chi connectivity index (χ2v) is 17.5. The molecular weight excluding hydrogens is 733 g/mol. The van der Waals surface area contributed by atoms with Crippen LogP contribution in [0.25, 0.3) is 0 Å². The first-order valence-corrected chi connectivity index (χ1v) is 22.2. The Kier molecular flexibility index (Phi) is 16.0. The maximum absolute atomic E-state index is 14.0. The number of amidine groups is 1. The SMILES string of the molecule is CC(C)C(Cc1ccccc1)C(=O)CCC1=CCCN=C(CC2=NN=C(SCC(=O)CC(c3ccccc3)C(C)C)CCC2Cc2ccccc2)N1c1ccccc1. The van der Waals surface area contributed by atoms with Gasteiger partial charge in [0.05, 0.1) is 16.5 Å². The van der Waals surface area contributed by atoms with Crippen molar-refractivity contribution in [1.29, 1.82) is 0 Å². The van der Waals surface area contributed by atoms with Crippen molar-refractivity contribution in [1.82, 2.24) is 0 Å². The second-order valence-electron chi connectivity index (χ2n) is 16.4. The normalized spacial score (nSPS) is 17.1. The Morgan fingerprint density at radius 2 is 1.41 bits per heavy atom. The van der Waals surface area contributed by atoms with Crippen molar-refractivity contribution in [2.24, 2.45) is 38.9 Å². The fraction of sp³-hybridized carbons (Fsp3) is 0.392. The van der Waals surface area contributed by atoms with Crippen molar-refractivity contribution in [2.75, 3.05) is 17.2 Å². The van der Waals surface area contributed by atoms with Crippen molar-refractivity contribution in [3.05, 3.63) is 150 Å². The number of anilines is 1. The van der Waals surface area contributed by atoms with E-state index in [2.05, 4.69) is 142 Å². The van der Waals surface area contributed by atoms with E-state index in [1.807, 2.05) is 18.2 Å². The summed E-state index contributed by atoms with van der Waals surface area (Å²) in [4.78, 5) is 34.9. The molecule has 0 amide bonds. The lowest BCUT2D eigenvalue weighted by molar-refractivity contribution is -0.124. The number of allylic oxidation sites excluding steroid dienone is 1. The van der Waals surface area contributed by atoms with Gasteiger partial charge in [0.2, 0.25) is 0 Å².